The molecule has 0 spiro atoms. The van der Waals surface area contributed by atoms with Crippen LogP contribution in [0.2, 0.25) is 0 Å². The van der Waals surface area contributed by atoms with Crippen LogP contribution in [0.3, 0.4) is 0 Å². The van der Waals surface area contributed by atoms with Gasteiger partial charge in [-0.2, -0.15) is 0 Å². The van der Waals surface area contributed by atoms with Crippen molar-refractivity contribution in [1.82, 2.24) is 9.97 Å². The van der Waals surface area contributed by atoms with Crippen LogP contribution in [0.5, 0.6) is 0 Å². The minimum absolute atomic E-state index is 0.219. The van der Waals surface area contributed by atoms with E-state index < -0.39 is 0 Å². The summed E-state index contributed by atoms with van der Waals surface area (Å²) in [6.07, 6.45) is 6.59. The first kappa shape index (κ1) is 7.15. The molecule has 3 heteroatoms. The Morgan fingerprint density at radius 3 is 2.90 bits per heavy atom. The highest BCUT2D eigenvalue weighted by Crippen LogP contribution is 1.93. The molecule has 1 rings (SSSR count). The zero-order valence-corrected chi connectivity index (χ0v) is 5.70. The van der Waals surface area contributed by atoms with Crippen LogP contribution in [0, 0.1) is 0 Å². The summed E-state index contributed by atoms with van der Waals surface area (Å²) in [7, 11) is 0. The van der Waals surface area contributed by atoms with E-state index in [0.717, 1.165) is 18.5 Å². The second-order valence-corrected chi connectivity index (χ2v) is 2.02. The third-order valence-corrected chi connectivity index (χ3v) is 1.21. The predicted octanol–water partition coefficient (Wildman–Crippen LogP) is 0.401. The van der Waals surface area contributed by atoms with Crippen LogP contribution in [0.4, 0.5) is 0 Å². The first-order valence-corrected chi connectivity index (χ1v) is 3.29. The second-order valence-electron chi connectivity index (χ2n) is 2.02. The van der Waals surface area contributed by atoms with Crippen molar-refractivity contribution in [2.24, 2.45) is 0 Å². The van der Waals surface area contributed by atoms with Gasteiger partial charge in [-0.05, 0) is 12.8 Å². The fourth-order valence-electron chi connectivity index (χ4n) is 0.719. The number of aromatic nitrogens is 2. The molecule has 0 atom stereocenters. The summed E-state index contributed by atoms with van der Waals surface area (Å²) in [5, 5.41) is 8.48. The summed E-state index contributed by atoms with van der Waals surface area (Å²) >= 11 is 0. The largest absolute Gasteiger partial charge is 0.396 e. The van der Waals surface area contributed by atoms with E-state index in [1.807, 2.05) is 0 Å². The number of nitrogens with zero attached hydrogens (tertiary/aromatic N) is 2. The smallest absolute Gasteiger partial charge is 0.0587 e. The summed E-state index contributed by atoms with van der Waals surface area (Å²) in [6.45, 7) is 0.219. The molecule has 1 N–H and O–H groups in total. The molecular weight excluding hydrogens is 128 g/mol. The maximum absolute atomic E-state index is 8.48. The lowest BCUT2D eigenvalue weighted by Gasteiger charge is -1.94. The fourth-order valence-corrected chi connectivity index (χ4v) is 0.719. The van der Waals surface area contributed by atoms with Crippen LogP contribution in [-0.4, -0.2) is 21.7 Å². The number of aliphatic hydroxyl groups is 1. The highest BCUT2D eigenvalue weighted by molar-refractivity contribution is 4.93. The summed E-state index contributed by atoms with van der Waals surface area (Å²) in [5.74, 6) is 0. The van der Waals surface area contributed by atoms with Crippen molar-refractivity contribution < 1.29 is 5.11 Å². The van der Waals surface area contributed by atoms with Crippen LogP contribution in [0.15, 0.2) is 18.6 Å². The molecular formula is C7H10N2O. The Hall–Kier alpha value is -0.960. The number of aryl methyl sites for hydroxylation is 1. The van der Waals surface area contributed by atoms with E-state index in [1.54, 1.807) is 18.6 Å². The number of aliphatic hydroxyl groups excluding tert-OH is 1. The SMILES string of the molecule is OCCCc1cnccn1. The van der Waals surface area contributed by atoms with E-state index in [-0.39, 0.29) is 6.61 Å². The van der Waals surface area contributed by atoms with Gasteiger partial charge in [0.2, 0.25) is 0 Å². The molecule has 10 heavy (non-hydrogen) atoms. The molecule has 54 valence electrons. The molecule has 0 aliphatic carbocycles. The van der Waals surface area contributed by atoms with Gasteiger partial charge in [0.15, 0.2) is 0 Å². The molecule has 0 bridgehead atoms. The van der Waals surface area contributed by atoms with Crippen molar-refractivity contribution in [3.63, 3.8) is 0 Å². The summed E-state index contributed by atoms with van der Waals surface area (Å²) < 4.78 is 0. The van der Waals surface area contributed by atoms with Crippen LogP contribution in [0.1, 0.15) is 12.1 Å². The minimum atomic E-state index is 0.219. The zero-order valence-electron chi connectivity index (χ0n) is 5.70. The van der Waals surface area contributed by atoms with Crippen molar-refractivity contribution in [2.75, 3.05) is 6.61 Å². The normalized spacial score (nSPS) is 9.70. The molecule has 0 saturated carbocycles. The molecule has 1 aromatic heterocycles. The fraction of sp³-hybridized carbons (Fsp3) is 0.429. The Labute approximate surface area is 59.8 Å². The molecule has 0 amide bonds. The van der Waals surface area contributed by atoms with Crippen LogP contribution in [-0.2, 0) is 6.42 Å². The number of hydrogen-bond donors (Lipinski definition) is 1. The molecule has 0 aliphatic rings. The Bertz CT molecular complexity index is 176. The van der Waals surface area contributed by atoms with E-state index in [4.69, 9.17) is 5.11 Å². The Balaban J connectivity index is 2.43. The molecule has 0 saturated heterocycles. The van der Waals surface area contributed by atoms with E-state index in [9.17, 15) is 0 Å². The first-order valence-electron chi connectivity index (χ1n) is 3.29. The van der Waals surface area contributed by atoms with E-state index in [0.29, 0.717) is 0 Å². The Morgan fingerprint density at radius 1 is 1.40 bits per heavy atom. The standard InChI is InChI=1S/C7H10N2O/c10-5-1-2-7-6-8-3-4-9-7/h3-4,6,10H,1-2,5H2. The number of rotatable bonds is 3. The second kappa shape index (κ2) is 3.95. The van der Waals surface area contributed by atoms with Gasteiger partial charge in [-0.15, -0.1) is 0 Å². The maximum Gasteiger partial charge on any atom is 0.0587 e. The van der Waals surface area contributed by atoms with E-state index in [2.05, 4.69) is 9.97 Å². The lowest BCUT2D eigenvalue weighted by Crippen LogP contribution is -1.92. The zero-order chi connectivity index (χ0) is 7.23. The average molecular weight is 138 g/mol. The van der Waals surface area contributed by atoms with E-state index in [1.165, 1.54) is 0 Å². The maximum atomic E-state index is 8.48. The van der Waals surface area contributed by atoms with E-state index >= 15 is 0 Å². The summed E-state index contributed by atoms with van der Waals surface area (Å²) in [6, 6.07) is 0. The van der Waals surface area contributed by atoms with Gasteiger partial charge in [-0.3, -0.25) is 9.97 Å². The highest BCUT2D eigenvalue weighted by atomic mass is 16.2. The summed E-state index contributed by atoms with van der Waals surface area (Å²) in [4.78, 5) is 7.94. The highest BCUT2D eigenvalue weighted by Gasteiger charge is 1.90. The Kier molecular flexibility index (Phi) is 2.83. The van der Waals surface area contributed by atoms with Gasteiger partial charge in [-0.25, -0.2) is 0 Å². The third kappa shape index (κ3) is 2.11. The van der Waals surface area contributed by atoms with Gasteiger partial charge in [0, 0.05) is 25.2 Å². The van der Waals surface area contributed by atoms with Gasteiger partial charge in [0.05, 0.1) is 5.69 Å². The van der Waals surface area contributed by atoms with Crippen LogP contribution < -0.4 is 0 Å². The number of hydrogen-bond acceptors (Lipinski definition) is 3. The first-order chi connectivity index (χ1) is 4.93. The molecule has 1 heterocycles. The van der Waals surface area contributed by atoms with Crippen molar-refractivity contribution in [3.8, 4) is 0 Å². The molecule has 0 aliphatic heterocycles. The quantitative estimate of drug-likeness (QED) is 0.657. The van der Waals surface area contributed by atoms with Gasteiger partial charge < -0.3 is 5.11 Å². The van der Waals surface area contributed by atoms with Crippen molar-refractivity contribution in [1.29, 1.82) is 0 Å². The molecule has 0 unspecified atom stereocenters. The lowest BCUT2D eigenvalue weighted by atomic mass is 10.2. The van der Waals surface area contributed by atoms with Crippen LogP contribution >= 0.6 is 0 Å². The van der Waals surface area contributed by atoms with Gasteiger partial charge in [0.25, 0.3) is 0 Å². The van der Waals surface area contributed by atoms with Crippen LogP contribution in [0.25, 0.3) is 0 Å². The monoisotopic (exact) mass is 138 g/mol. The molecule has 0 radical (unpaired) electrons. The lowest BCUT2D eigenvalue weighted by molar-refractivity contribution is 0.288. The summed E-state index contributed by atoms with van der Waals surface area (Å²) in [5.41, 5.74) is 0.941. The molecule has 3 nitrogen and oxygen atoms in total. The van der Waals surface area contributed by atoms with Crippen molar-refractivity contribution >= 4 is 0 Å². The average Bonchev–Trinajstić information content (AvgIpc) is 2.03. The predicted molar refractivity (Wildman–Crippen MR) is 37.4 cm³/mol. The topological polar surface area (TPSA) is 46.0 Å². The molecule has 1 aromatic rings. The van der Waals surface area contributed by atoms with Crippen molar-refractivity contribution in [3.05, 3.63) is 24.3 Å². The van der Waals surface area contributed by atoms with Gasteiger partial charge in [0.1, 0.15) is 0 Å². The Morgan fingerprint density at radius 2 is 2.30 bits per heavy atom. The third-order valence-electron chi connectivity index (χ3n) is 1.21. The minimum Gasteiger partial charge on any atom is -0.396 e. The van der Waals surface area contributed by atoms with Crippen molar-refractivity contribution in [2.45, 2.75) is 12.8 Å². The molecule has 0 fully saturated rings. The van der Waals surface area contributed by atoms with Gasteiger partial charge >= 0.3 is 0 Å². The molecule has 0 aromatic carbocycles. The van der Waals surface area contributed by atoms with Gasteiger partial charge in [-0.1, -0.05) is 0 Å².